The van der Waals surface area contributed by atoms with Crippen molar-refractivity contribution in [1.82, 2.24) is 9.78 Å². The molecule has 0 aliphatic heterocycles. The number of anilines is 1. The van der Waals surface area contributed by atoms with E-state index in [1.165, 1.54) is 4.68 Å². The zero-order valence-electron chi connectivity index (χ0n) is 11.1. The first-order valence-corrected chi connectivity index (χ1v) is 6.15. The molecule has 7 heteroatoms. The largest absolute Gasteiger partial charge is 0.361 e. The molecule has 0 aliphatic carbocycles. The minimum absolute atomic E-state index is 0.0347. The molecule has 1 heterocycles. The average molecular weight is 255 g/mol. The Morgan fingerprint density at radius 1 is 1.61 bits per heavy atom. The van der Waals surface area contributed by atoms with Crippen molar-refractivity contribution in [2.24, 2.45) is 12.8 Å². The predicted molar refractivity (Wildman–Crippen MR) is 70.6 cm³/mol. The van der Waals surface area contributed by atoms with E-state index in [1.807, 2.05) is 0 Å². The summed E-state index contributed by atoms with van der Waals surface area (Å²) in [4.78, 5) is 10.6. The number of hydrogen-bond donors (Lipinski definition) is 2. The van der Waals surface area contributed by atoms with Crippen molar-refractivity contribution in [2.45, 2.75) is 39.2 Å². The first-order valence-electron chi connectivity index (χ1n) is 6.15. The molecule has 1 aromatic heterocycles. The van der Waals surface area contributed by atoms with Crippen LogP contribution >= 0.6 is 0 Å². The Balaban J connectivity index is 2.91. The number of nitrogens with one attached hydrogen (secondary N) is 1. The molecule has 18 heavy (non-hydrogen) atoms. The van der Waals surface area contributed by atoms with Crippen LogP contribution in [0.1, 0.15) is 31.9 Å². The van der Waals surface area contributed by atoms with Crippen LogP contribution in [0.15, 0.2) is 0 Å². The van der Waals surface area contributed by atoms with Gasteiger partial charge in [-0.1, -0.05) is 19.8 Å². The summed E-state index contributed by atoms with van der Waals surface area (Å²) < 4.78 is 1.50. The lowest BCUT2D eigenvalue weighted by Gasteiger charge is -2.17. The molecule has 1 rings (SSSR count). The minimum Gasteiger partial charge on any atom is -0.361 e. The smallest absolute Gasteiger partial charge is 0.333 e. The van der Waals surface area contributed by atoms with E-state index in [0.717, 1.165) is 19.3 Å². The first kappa shape index (κ1) is 14.4. The van der Waals surface area contributed by atoms with Crippen molar-refractivity contribution in [3.05, 3.63) is 15.8 Å². The molecular weight excluding hydrogens is 234 g/mol. The molecule has 0 aliphatic rings. The van der Waals surface area contributed by atoms with E-state index in [4.69, 9.17) is 5.73 Å². The fourth-order valence-corrected chi connectivity index (χ4v) is 1.92. The number of rotatable bonds is 7. The van der Waals surface area contributed by atoms with Gasteiger partial charge in [0.15, 0.2) is 0 Å². The topological polar surface area (TPSA) is 99.0 Å². The first-order chi connectivity index (χ1) is 8.51. The van der Waals surface area contributed by atoms with Crippen LogP contribution in [0.5, 0.6) is 0 Å². The third kappa shape index (κ3) is 3.19. The molecule has 0 saturated heterocycles. The van der Waals surface area contributed by atoms with Gasteiger partial charge in [0, 0.05) is 19.6 Å². The molecule has 1 unspecified atom stereocenters. The fraction of sp³-hybridized carbons (Fsp3) is 0.727. The Kier molecular flexibility index (Phi) is 5.08. The van der Waals surface area contributed by atoms with Crippen molar-refractivity contribution in [3.8, 4) is 0 Å². The van der Waals surface area contributed by atoms with Gasteiger partial charge < -0.3 is 11.1 Å². The highest BCUT2D eigenvalue weighted by Crippen LogP contribution is 2.28. The Labute approximate surface area is 107 Å². The highest BCUT2D eigenvalue weighted by molar-refractivity contribution is 5.59. The van der Waals surface area contributed by atoms with Gasteiger partial charge in [-0.05, 0) is 13.3 Å². The highest BCUT2D eigenvalue weighted by atomic mass is 16.6. The maximum Gasteiger partial charge on any atom is 0.333 e. The molecule has 0 radical (unpaired) electrons. The van der Waals surface area contributed by atoms with Gasteiger partial charge in [-0.25, -0.2) is 4.68 Å². The summed E-state index contributed by atoms with van der Waals surface area (Å²) in [5, 5.41) is 18.2. The van der Waals surface area contributed by atoms with Gasteiger partial charge in [-0.2, -0.15) is 5.10 Å². The number of hydrogen-bond acceptors (Lipinski definition) is 5. The SMILES string of the molecule is CCCCC(CN)Nc1c([N+](=O)[O-])c(C)nn1C. The number of nitro groups is 1. The van der Waals surface area contributed by atoms with Crippen LogP contribution in [-0.4, -0.2) is 27.3 Å². The lowest BCUT2D eigenvalue weighted by molar-refractivity contribution is -0.384. The van der Waals surface area contributed by atoms with Crippen molar-refractivity contribution < 1.29 is 4.92 Å². The van der Waals surface area contributed by atoms with Crippen LogP contribution in [0.2, 0.25) is 0 Å². The van der Waals surface area contributed by atoms with Crippen molar-refractivity contribution in [3.63, 3.8) is 0 Å². The molecular formula is C11H21N5O2. The third-order valence-corrected chi connectivity index (χ3v) is 2.90. The molecule has 7 nitrogen and oxygen atoms in total. The van der Waals surface area contributed by atoms with Crippen molar-refractivity contribution in [2.75, 3.05) is 11.9 Å². The van der Waals surface area contributed by atoms with E-state index in [-0.39, 0.29) is 11.7 Å². The second kappa shape index (κ2) is 6.34. The van der Waals surface area contributed by atoms with E-state index < -0.39 is 4.92 Å². The summed E-state index contributed by atoms with van der Waals surface area (Å²) in [7, 11) is 1.69. The number of aryl methyl sites for hydroxylation is 2. The Hall–Kier alpha value is -1.63. The maximum absolute atomic E-state index is 11.0. The molecule has 0 spiro atoms. The third-order valence-electron chi connectivity index (χ3n) is 2.90. The summed E-state index contributed by atoms with van der Waals surface area (Å²) >= 11 is 0. The van der Waals surface area contributed by atoms with Crippen LogP contribution in [-0.2, 0) is 7.05 Å². The second-order valence-corrected chi connectivity index (χ2v) is 4.38. The summed E-state index contributed by atoms with van der Waals surface area (Å²) in [6.45, 7) is 4.18. The average Bonchev–Trinajstić information content (AvgIpc) is 2.59. The number of aromatic nitrogens is 2. The summed E-state index contributed by atoms with van der Waals surface area (Å²) in [6.07, 6.45) is 3.01. The van der Waals surface area contributed by atoms with Gasteiger partial charge in [-0.15, -0.1) is 0 Å². The van der Waals surface area contributed by atoms with Crippen molar-refractivity contribution in [1.29, 1.82) is 0 Å². The van der Waals surface area contributed by atoms with E-state index in [2.05, 4.69) is 17.3 Å². The molecule has 3 N–H and O–H groups in total. The minimum atomic E-state index is -0.405. The van der Waals surface area contributed by atoms with E-state index in [1.54, 1.807) is 14.0 Å². The number of nitrogens with zero attached hydrogens (tertiary/aromatic N) is 3. The summed E-state index contributed by atoms with van der Waals surface area (Å²) in [6, 6.07) is 0.0402. The summed E-state index contributed by atoms with van der Waals surface area (Å²) in [5.41, 5.74) is 6.13. The monoisotopic (exact) mass is 255 g/mol. The van der Waals surface area contributed by atoms with Crippen LogP contribution in [0.4, 0.5) is 11.5 Å². The van der Waals surface area contributed by atoms with E-state index in [9.17, 15) is 10.1 Å². The molecule has 0 amide bonds. The zero-order chi connectivity index (χ0) is 13.7. The predicted octanol–water partition coefficient (Wildman–Crippen LogP) is 1.57. The highest BCUT2D eigenvalue weighted by Gasteiger charge is 2.25. The lowest BCUT2D eigenvalue weighted by Crippen LogP contribution is -2.30. The Morgan fingerprint density at radius 2 is 2.28 bits per heavy atom. The Morgan fingerprint density at radius 3 is 2.78 bits per heavy atom. The molecule has 0 bridgehead atoms. The molecule has 1 aromatic rings. The van der Waals surface area contributed by atoms with Gasteiger partial charge >= 0.3 is 5.69 Å². The molecule has 0 fully saturated rings. The van der Waals surface area contributed by atoms with Crippen LogP contribution in [0.25, 0.3) is 0 Å². The normalized spacial score (nSPS) is 12.4. The van der Waals surface area contributed by atoms with Crippen LogP contribution in [0, 0.1) is 17.0 Å². The summed E-state index contributed by atoms with van der Waals surface area (Å²) in [5.74, 6) is 0.434. The van der Waals surface area contributed by atoms with Gasteiger partial charge in [0.1, 0.15) is 5.69 Å². The van der Waals surface area contributed by atoms with E-state index >= 15 is 0 Å². The number of unbranched alkanes of at least 4 members (excludes halogenated alkanes) is 1. The molecule has 0 saturated carbocycles. The lowest BCUT2D eigenvalue weighted by atomic mass is 10.1. The maximum atomic E-state index is 11.0. The molecule has 1 atom stereocenters. The van der Waals surface area contributed by atoms with E-state index in [0.29, 0.717) is 18.1 Å². The van der Waals surface area contributed by atoms with Gasteiger partial charge in [0.05, 0.1) is 4.92 Å². The van der Waals surface area contributed by atoms with Gasteiger partial charge in [0.2, 0.25) is 5.82 Å². The molecule has 102 valence electrons. The van der Waals surface area contributed by atoms with Gasteiger partial charge in [-0.3, -0.25) is 10.1 Å². The van der Waals surface area contributed by atoms with Gasteiger partial charge in [0.25, 0.3) is 0 Å². The van der Waals surface area contributed by atoms with Crippen LogP contribution < -0.4 is 11.1 Å². The van der Waals surface area contributed by atoms with Crippen molar-refractivity contribution >= 4 is 11.5 Å². The standard InChI is InChI=1S/C11H21N5O2/c1-4-5-6-9(7-12)13-11-10(16(17)18)8(2)14-15(11)3/h9,13H,4-7,12H2,1-3H3. The number of nitrogens with two attached hydrogens (primary N) is 1. The Bertz CT molecular complexity index is 416. The van der Waals surface area contributed by atoms with Crippen LogP contribution in [0.3, 0.4) is 0 Å². The fourth-order valence-electron chi connectivity index (χ4n) is 1.92. The second-order valence-electron chi connectivity index (χ2n) is 4.38. The molecule has 0 aromatic carbocycles. The zero-order valence-corrected chi connectivity index (χ0v) is 11.1. The quantitative estimate of drug-likeness (QED) is 0.569.